The van der Waals surface area contributed by atoms with Crippen LogP contribution in [0.3, 0.4) is 0 Å². The molecule has 1 aliphatic rings. The van der Waals surface area contributed by atoms with Crippen LogP contribution in [-0.4, -0.2) is 29.2 Å². The van der Waals surface area contributed by atoms with Crippen LogP contribution in [0, 0.1) is 19.3 Å². The lowest BCUT2D eigenvalue weighted by molar-refractivity contribution is -0.125. The molecule has 0 radical (unpaired) electrons. The molecule has 0 spiro atoms. The minimum Gasteiger partial charge on any atom is -0.322 e. The first-order valence-corrected chi connectivity index (χ1v) is 6.07. The van der Waals surface area contributed by atoms with Gasteiger partial charge in [0.1, 0.15) is 0 Å². The molecule has 3 N–H and O–H groups in total. The Bertz CT molecular complexity index is 399. The lowest BCUT2D eigenvalue weighted by Crippen LogP contribution is -2.46. The zero-order valence-electron chi connectivity index (χ0n) is 10.7. The first kappa shape index (κ1) is 12.1. The number of rotatable bonds is 2. The largest absolute Gasteiger partial charge is 0.322 e. The fourth-order valence-corrected chi connectivity index (χ4v) is 2.25. The highest BCUT2D eigenvalue weighted by Crippen LogP contribution is 2.28. The van der Waals surface area contributed by atoms with Crippen LogP contribution in [0.15, 0.2) is 0 Å². The summed E-state index contributed by atoms with van der Waals surface area (Å²) in [6.07, 6.45) is 1.98. The smallest absolute Gasteiger partial charge is 0.231 e. The Labute approximate surface area is 101 Å². The Morgan fingerprint density at radius 1 is 1.47 bits per heavy atom. The van der Waals surface area contributed by atoms with Crippen molar-refractivity contribution in [2.24, 2.45) is 5.41 Å². The summed E-state index contributed by atoms with van der Waals surface area (Å²) >= 11 is 0. The van der Waals surface area contributed by atoms with Gasteiger partial charge < -0.3 is 10.6 Å². The van der Waals surface area contributed by atoms with Gasteiger partial charge in [-0.1, -0.05) is 0 Å². The molecule has 1 fully saturated rings. The Kier molecular flexibility index (Phi) is 3.19. The second-order valence-electron chi connectivity index (χ2n) is 5.10. The Balaban J connectivity index is 2.11. The summed E-state index contributed by atoms with van der Waals surface area (Å²) in [6, 6.07) is 0. The summed E-state index contributed by atoms with van der Waals surface area (Å²) in [7, 11) is 0. The van der Waals surface area contributed by atoms with Gasteiger partial charge in [0.25, 0.3) is 0 Å². The van der Waals surface area contributed by atoms with Crippen molar-refractivity contribution in [3.05, 3.63) is 11.4 Å². The lowest BCUT2D eigenvalue weighted by Gasteiger charge is -2.32. The molecule has 1 atom stereocenters. The number of hydrogen-bond acceptors (Lipinski definition) is 3. The number of hydrogen-bond donors (Lipinski definition) is 3. The minimum atomic E-state index is -0.311. The minimum absolute atomic E-state index is 0.0808. The number of aromatic nitrogens is 2. The quantitative estimate of drug-likeness (QED) is 0.726. The number of carbonyl (C=O) groups excluding carboxylic acids is 1. The van der Waals surface area contributed by atoms with Crippen molar-refractivity contribution in [2.75, 3.05) is 18.4 Å². The first-order valence-electron chi connectivity index (χ1n) is 6.07. The molecule has 17 heavy (non-hydrogen) atoms. The van der Waals surface area contributed by atoms with Crippen molar-refractivity contribution in [1.82, 2.24) is 15.5 Å². The molecule has 94 valence electrons. The van der Waals surface area contributed by atoms with Crippen LogP contribution in [0.5, 0.6) is 0 Å². The van der Waals surface area contributed by atoms with Crippen LogP contribution in [0.4, 0.5) is 5.69 Å². The van der Waals surface area contributed by atoms with E-state index in [0.29, 0.717) is 0 Å². The number of nitrogens with zero attached hydrogens (tertiary/aromatic N) is 1. The van der Waals surface area contributed by atoms with Gasteiger partial charge in [-0.05, 0) is 40.2 Å². The maximum Gasteiger partial charge on any atom is 0.231 e. The SMILES string of the molecule is Cc1n[nH]c(C)c1NC(=O)C1(C)CCCNC1. The van der Waals surface area contributed by atoms with E-state index >= 15 is 0 Å². The molecule has 0 aromatic carbocycles. The molecule has 1 saturated heterocycles. The number of amides is 1. The van der Waals surface area contributed by atoms with Crippen LogP contribution in [-0.2, 0) is 4.79 Å². The third-order valence-corrected chi connectivity index (χ3v) is 3.51. The molecule has 2 rings (SSSR count). The number of carbonyl (C=O) groups is 1. The molecule has 0 aliphatic carbocycles. The summed E-state index contributed by atoms with van der Waals surface area (Å²) < 4.78 is 0. The van der Waals surface area contributed by atoms with Gasteiger partial charge in [-0.25, -0.2) is 0 Å². The fourth-order valence-electron chi connectivity index (χ4n) is 2.25. The van der Waals surface area contributed by atoms with Gasteiger partial charge in [0.2, 0.25) is 5.91 Å². The van der Waals surface area contributed by atoms with Gasteiger partial charge in [0.15, 0.2) is 0 Å². The van der Waals surface area contributed by atoms with E-state index in [2.05, 4.69) is 20.8 Å². The third kappa shape index (κ3) is 2.34. The average molecular weight is 236 g/mol. The molecular weight excluding hydrogens is 216 g/mol. The monoisotopic (exact) mass is 236 g/mol. The van der Waals surface area contributed by atoms with E-state index in [1.807, 2.05) is 20.8 Å². The summed E-state index contributed by atoms with van der Waals surface area (Å²) in [5, 5.41) is 13.2. The molecule has 0 saturated carbocycles. The highest BCUT2D eigenvalue weighted by atomic mass is 16.2. The summed E-state index contributed by atoms with van der Waals surface area (Å²) in [4.78, 5) is 12.3. The molecule has 1 unspecified atom stereocenters. The Morgan fingerprint density at radius 3 is 2.76 bits per heavy atom. The fraction of sp³-hybridized carbons (Fsp3) is 0.667. The summed E-state index contributed by atoms with van der Waals surface area (Å²) in [6.45, 7) is 7.57. The van der Waals surface area contributed by atoms with Crippen molar-refractivity contribution >= 4 is 11.6 Å². The zero-order chi connectivity index (χ0) is 12.5. The highest BCUT2D eigenvalue weighted by Gasteiger charge is 2.35. The predicted octanol–water partition coefficient (Wildman–Crippen LogP) is 1.35. The maximum atomic E-state index is 12.3. The van der Waals surface area contributed by atoms with Gasteiger partial charge in [-0.2, -0.15) is 5.10 Å². The number of H-pyrrole nitrogens is 1. The van der Waals surface area contributed by atoms with Crippen LogP contribution in [0.1, 0.15) is 31.2 Å². The molecule has 0 bridgehead atoms. The lowest BCUT2D eigenvalue weighted by atomic mass is 9.82. The van der Waals surface area contributed by atoms with Crippen LogP contribution in [0.25, 0.3) is 0 Å². The van der Waals surface area contributed by atoms with Crippen molar-refractivity contribution < 1.29 is 4.79 Å². The molecule has 1 amide bonds. The molecule has 2 heterocycles. The van der Waals surface area contributed by atoms with E-state index in [4.69, 9.17) is 0 Å². The second-order valence-corrected chi connectivity index (χ2v) is 5.10. The Morgan fingerprint density at radius 2 is 2.24 bits per heavy atom. The van der Waals surface area contributed by atoms with Gasteiger partial charge >= 0.3 is 0 Å². The zero-order valence-corrected chi connectivity index (χ0v) is 10.7. The molecular formula is C12H20N4O. The van der Waals surface area contributed by atoms with Gasteiger partial charge in [-0.15, -0.1) is 0 Å². The van der Waals surface area contributed by atoms with Crippen LogP contribution >= 0.6 is 0 Å². The topological polar surface area (TPSA) is 69.8 Å². The molecule has 5 nitrogen and oxygen atoms in total. The molecule has 5 heteroatoms. The van der Waals surface area contributed by atoms with Crippen molar-refractivity contribution in [3.63, 3.8) is 0 Å². The standard InChI is InChI=1S/C12H20N4O/c1-8-10(9(2)16-15-8)14-11(17)12(3)5-4-6-13-7-12/h13H,4-7H2,1-3H3,(H,14,17)(H,15,16). The number of aromatic amines is 1. The average Bonchev–Trinajstić information content (AvgIpc) is 2.62. The van der Waals surface area contributed by atoms with E-state index < -0.39 is 0 Å². The summed E-state index contributed by atoms with van der Waals surface area (Å²) in [5.74, 6) is 0.0808. The van der Waals surface area contributed by atoms with E-state index in [9.17, 15) is 4.79 Å². The van der Waals surface area contributed by atoms with Crippen LogP contribution in [0.2, 0.25) is 0 Å². The molecule has 1 aromatic heterocycles. The van der Waals surface area contributed by atoms with Gasteiger partial charge in [0, 0.05) is 6.54 Å². The number of nitrogens with one attached hydrogen (secondary N) is 3. The predicted molar refractivity (Wildman–Crippen MR) is 66.9 cm³/mol. The maximum absolute atomic E-state index is 12.3. The third-order valence-electron chi connectivity index (χ3n) is 3.51. The molecule has 1 aromatic rings. The second kappa shape index (κ2) is 4.49. The Hall–Kier alpha value is -1.36. The summed E-state index contributed by atoms with van der Waals surface area (Å²) in [5.41, 5.74) is 2.25. The highest BCUT2D eigenvalue weighted by molar-refractivity contribution is 5.96. The number of piperidine rings is 1. The van der Waals surface area contributed by atoms with Gasteiger partial charge in [-0.3, -0.25) is 9.89 Å². The van der Waals surface area contributed by atoms with E-state index in [1.54, 1.807) is 0 Å². The number of aryl methyl sites for hydroxylation is 2. The molecule has 1 aliphatic heterocycles. The van der Waals surface area contributed by atoms with Crippen molar-refractivity contribution in [3.8, 4) is 0 Å². The van der Waals surface area contributed by atoms with Crippen LogP contribution < -0.4 is 10.6 Å². The van der Waals surface area contributed by atoms with E-state index in [-0.39, 0.29) is 11.3 Å². The van der Waals surface area contributed by atoms with Crippen molar-refractivity contribution in [2.45, 2.75) is 33.6 Å². The normalized spacial score (nSPS) is 24.6. The van der Waals surface area contributed by atoms with E-state index in [1.165, 1.54) is 0 Å². The first-order chi connectivity index (χ1) is 8.03. The number of anilines is 1. The van der Waals surface area contributed by atoms with Crippen molar-refractivity contribution in [1.29, 1.82) is 0 Å². The van der Waals surface area contributed by atoms with Gasteiger partial charge in [0.05, 0.1) is 22.5 Å². The van der Waals surface area contributed by atoms with E-state index in [0.717, 1.165) is 43.0 Å².